The Morgan fingerprint density at radius 1 is 1.30 bits per heavy atom. The molecule has 23 heavy (non-hydrogen) atoms. The van der Waals surface area contributed by atoms with Gasteiger partial charge in [-0.05, 0) is 31.2 Å². The summed E-state index contributed by atoms with van der Waals surface area (Å²) in [5, 5.41) is 2.86. The first kappa shape index (κ1) is 16.7. The van der Waals surface area contributed by atoms with Crippen molar-refractivity contribution in [2.45, 2.75) is 19.4 Å². The van der Waals surface area contributed by atoms with Crippen LogP contribution in [-0.4, -0.2) is 47.1 Å². The van der Waals surface area contributed by atoms with E-state index in [9.17, 15) is 4.79 Å². The lowest BCUT2D eigenvalue weighted by Crippen LogP contribution is -2.42. The highest BCUT2D eigenvalue weighted by molar-refractivity contribution is 5.73. The number of hydrogen-bond donors (Lipinski definition) is 1. The summed E-state index contributed by atoms with van der Waals surface area (Å²) < 4.78 is 5.67. The molecule has 2 aromatic rings. The summed E-state index contributed by atoms with van der Waals surface area (Å²) in [4.78, 5) is 21.9. The monoisotopic (exact) mass is 314 g/mol. The standard InChI is InChI=1S/C17H22N4O2/c1-14(23-16-7-5-9-18-13-16)12-20-17(22)21(2)11-8-15-6-3-4-10-19-15/h3-7,9-10,13-14H,8,11-12H2,1-2H3,(H,20,22)/t14-/m0/s1. The number of nitrogens with zero attached hydrogens (tertiary/aromatic N) is 3. The van der Waals surface area contributed by atoms with Gasteiger partial charge < -0.3 is 15.0 Å². The highest BCUT2D eigenvalue weighted by Gasteiger charge is 2.11. The molecular formula is C17H22N4O2. The summed E-state index contributed by atoms with van der Waals surface area (Å²) in [6.45, 7) is 2.95. The lowest BCUT2D eigenvalue weighted by atomic mass is 10.2. The van der Waals surface area contributed by atoms with Gasteiger partial charge in [0, 0.05) is 38.1 Å². The van der Waals surface area contributed by atoms with E-state index < -0.39 is 0 Å². The summed E-state index contributed by atoms with van der Waals surface area (Å²) in [6, 6.07) is 9.30. The zero-order chi connectivity index (χ0) is 16.5. The maximum absolute atomic E-state index is 12.0. The SMILES string of the molecule is C[C@@H](CNC(=O)N(C)CCc1ccccn1)Oc1cccnc1. The van der Waals surface area contributed by atoms with Crippen LogP contribution in [0.1, 0.15) is 12.6 Å². The molecule has 0 saturated heterocycles. The molecule has 0 unspecified atom stereocenters. The maximum atomic E-state index is 12.0. The Morgan fingerprint density at radius 3 is 2.87 bits per heavy atom. The number of hydrogen-bond acceptors (Lipinski definition) is 4. The first-order valence-corrected chi connectivity index (χ1v) is 7.60. The van der Waals surface area contributed by atoms with Crippen LogP contribution >= 0.6 is 0 Å². The predicted molar refractivity (Wildman–Crippen MR) is 88.3 cm³/mol. The number of carbonyl (C=O) groups excluding carboxylic acids is 1. The van der Waals surface area contributed by atoms with Crippen LogP contribution < -0.4 is 10.1 Å². The van der Waals surface area contributed by atoms with Gasteiger partial charge >= 0.3 is 6.03 Å². The van der Waals surface area contributed by atoms with Crippen molar-refractivity contribution in [2.24, 2.45) is 0 Å². The van der Waals surface area contributed by atoms with Crippen LogP contribution in [-0.2, 0) is 6.42 Å². The summed E-state index contributed by atoms with van der Waals surface area (Å²) >= 11 is 0. The smallest absolute Gasteiger partial charge is 0.317 e. The van der Waals surface area contributed by atoms with E-state index in [1.165, 1.54) is 0 Å². The lowest BCUT2D eigenvalue weighted by Gasteiger charge is -2.20. The van der Waals surface area contributed by atoms with Crippen LogP contribution in [0.25, 0.3) is 0 Å². The molecule has 0 saturated carbocycles. The molecule has 122 valence electrons. The molecule has 6 nitrogen and oxygen atoms in total. The van der Waals surface area contributed by atoms with E-state index in [-0.39, 0.29) is 12.1 Å². The maximum Gasteiger partial charge on any atom is 0.317 e. The van der Waals surface area contributed by atoms with Crippen LogP contribution in [0.15, 0.2) is 48.9 Å². The predicted octanol–water partition coefficient (Wildman–Crippen LogP) is 2.13. The summed E-state index contributed by atoms with van der Waals surface area (Å²) in [5.41, 5.74) is 0.973. The first-order chi connectivity index (χ1) is 11.1. The molecule has 2 amide bonds. The highest BCUT2D eigenvalue weighted by atomic mass is 16.5. The minimum absolute atomic E-state index is 0.123. The molecule has 2 aromatic heterocycles. The number of pyridine rings is 2. The molecule has 0 radical (unpaired) electrons. The van der Waals surface area contributed by atoms with Gasteiger partial charge in [0.2, 0.25) is 0 Å². The van der Waals surface area contributed by atoms with Crippen LogP contribution in [0.3, 0.4) is 0 Å². The molecular weight excluding hydrogens is 292 g/mol. The Labute approximate surface area is 136 Å². The van der Waals surface area contributed by atoms with Crippen molar-refractivity contribution < 1.29 is 9.53 Å². The molecule has 1 N–H and O–H groups in total. The van der Waals surface area contributed by atoms with Gasteiger partial charge in [0.25, 0.3) is 0 Å². The Morgan fingerprint density at radius 2 is 2.17 bits per heavy atom. The van der Waals surface area contributed by atoms with E-state index in [1.807, 2.05) is 37.3 Å². The quantitative estimate of drug-likeness (QED) is 0.850. The topological polar surface area (TPSA) is 67.4 Å². The number of urea groups is 1. The van der Waals surface area contributed by atoms with Gasteiger partial charge in [0.1, 0.15) is 11.9 Å². The second-order valence-corrected chi connectivity index (χ2v) is 5.30. The van der Waals surface area contributed by atoms with Crippen molar-refractivity contribution in [2.75, 3.05) is 20.1 Å². The summed E-state index contributed by atoms with van der Waals surface area (Å²) in [5.74, 6) is 0.692. The Bertz CT molecular complexity index is 592. The molecule has 6 heteroatoms. The summed E-state index contributed by atoms with van der Waals surface area (Å²) in [7, 11) is 1.77. The van der Waals surface area contributed by atoms with Gasteiger partial charge in [-0.25, -0.2) is 4.79 Å². The Kier molecular flexibility index (Phi) is 6.35. The largest absolute Gasteiger partial charge is 0.487 e. The third-order valence-electron chi connectivity index (χ3n) is 3.29. The highest BCUT2D eigenvalue weighted by Crippen LogP contribution is 2.08. The van der Waals surface area contributed by atoms with Gasteiger partial charge in [-0.15, -0.1) is 0 Å². The lowest BCUT2D eigenvalue weighted by molar-refractivity contribution is 0.190. The van der Waals surface area contributed by atoms with E-state index in [0.29, 0.717) is 18.8 Å². The van der Waals surface area contributed by atoms with Crippen molar-refractivity contribution in [3.05, 3.63) is 54.6 Å². The average Bonchev–Trinajstić information content (AvgIpc) is 2.59. The summed E-state index contributed by atoms with van der Waals surface area (Å²) in [6.07, 6.45) is 5.69. The Hall–Kier alpha value is -2.63. The number of likely N-dealkylation sites (N-methyl/N-ethyl adjacent to an activating group) is 1. The fourth-order valence-corrected chi connectivity index (χ4v) is 1.99. The molecule has 1 atom stereocenters. The average molecular weight is 314 g/mol. The molecule has 0 aliphatic rings. The normalized spacial score (nSPS) is 11.6. The van der Waals surface area contributed by atoms with E-state index in [2.05, 4.69) is 15.3 Å². The number of carbonyl (C=O) groups is 1. The third kappa shape index (κ3) is 5.94. The van der Waals surface area contributed by atoms with Crippen LogP contribution in [0.5, 0.6) is 5.75 Å². The molecule has 0 fully saturated rings. The molecule has 0 aromatic carbocycles. The van der Waals surface area contributed by atoms with Crippen LogP contribution in [0.2, 0.25) is 0 Å². The van der Waals surface area contributed by atoms with Gasteiger partial charge in [0.15, 0.2) is 0 Å². The van der Waals surface area contributed by atoms with Crippen molar-refractivity contribution in [1.82, 2.24) is 20.2 Å². The van der Waals surface area contributed by atoms with E-state index >= 15 is 0 Å². The van der Waals surface area contributed by atoms with E-state index in [4.69, 9.17) is 4.74 Å². The zero-order valence-corrected chi connectivity index (χ0v) is 13.5. The van der Waals surface area contributed by atoms with Gasteiger partial charge in [-0.1, -0.05) is 6.07 Å². The zero-order valence-electron chi connectivity index (χ0n) is 13.5. The number of amides is 2. The first-order valence-electron chi connectivity index (χ1n) is 7.60. The minimum Gasteiger partial charge on any atom is -0.487 e. The fraction of sp³-hybridized carbons (Fsp3) is 0.353. The Balaban J connectivity index is 1.69. The number of nitrogens with one attached hydrogen (secondary N) is 1. The second-order valence-electron chi connectivity index (χ2n) is 5.30. The molecule has 0 aliphatic heterocycles. The molecule has 0 bridgehead atoms. The molecule has 2 rings (SSSR count). The van der Waals surface area contributed by atoms with Crippen LogP contribution in [0.4, 0.5) is 4.79 Å². The van der Waals surface area contributed by atoms with Gasteiger partial charge in [-0.2, -0.15) is 0 Å². The molecule has 2 heterocycles. The van der Waals surface area contributed by atoms with Crippen LogP contribution in [0, 0.1) is 0 Å². The minimum atomic E-state index is -0.132. The van der Waals surface area contributed by atoms with E-state index in [0.717, 1.165) is 12.1 Å². The molecule has 0 spiro atoms. The number of rotatable bonds is 7. The second kappa shape index (κ2) is 8.73. The van der Waals surface area contributed by atoms with Crippen molar-refractivity contribution in [1.29, 1.82) is 0 Å². The third-order valence-corrected chi connectivity index (χ3v) is 3.29. The fourth-order valence-electron chi connectivity index (χ4n) is 1.99. The molecule has 0 aliphatic carbocycles. The van der Waals surface area contributed by atoms with E-state index in [1.54, 1.807) is 30.5 Å². The number of aromatic nitrogens is 2. The van der Waals surface area contributed by atoms with Gasteiger partial charge in [-0.3, -0.25) is 9.97 Å². The van der Waals surface area contributed by atoms with Crippen molar-refractivity contribution in [3.63, 3.8) is 0 Å². The van der Waals surface area contributed by atoms with Gasteiger partial charge in [0.05, 0.1) is 12.7 Å². The van der Waals surface area contributed by atoms with Crippen molar-refractivity contribution in [3.8, 4) is 5.75 Å². The number of ether oxygens (including phenoxy) is 1. The van der Waals surface area contributed by atoms with Crippen molar-refractivity contribution >= 4 is 6.03 Å².